The second-order valence-corrected chi connectivity index (χ2v) is 6.22. The number of hydrogen-bond donors (Lipinski definition) is 2. The molecule has 0 unspecified atom stereocenters. The summed E-state index contributed by atoms with van der Waals surface area (Å²) in [6, 6.07) is 14.9. The predicted octanol–water partition coefficient (Wildman–Crippen LogP) is 1.63. The molecule has 3 aromatic rings. The maximum atomic E-state index is 12.5. The van der Waals surface area contributed by atoms with Gasteiger partial charge in [0.05, 0.1) is 19.9 Å². The lowest BCUT2D eigenvalue weighted by Gasteiger charge is -2.12. The number of rotatable bonds is 5. The number of methoxy groups -OCH3 is 2. The average Bonchev–Trinajstić information content (AvgIpc) is 2.77. The van der Waals surface area contributed by atoms with Gasteiger partial charge in [0.2, 0.25) is 5.43 Å². The molecule has 30 heavy (non-hydrogen) atoms. The van der Waals surface area contributed by atoms with Gasteiger partial charge in [0.25, 0.3) is 11.8 Å². The molecule has 0 aliphatic rings. The SMILES string of the molecule is COc1ccc(C(=O)NNC(=O)c2nn(-c3ccccc3)c(C)cc2=O)cc1OC. The number of nitrogens with zero attached hydrogens (tertiary/aromatic N) is 2. The second-order valence-electron chi connectivity index (χ2n) is 6.22. The minimum atomic E-state index is -0.835. The summed E-state index contributed by atoms with van der Waals surface area (Å²) in [4.78, 5) is 37.1. The third-order valence-electron chi connectivity index (χ3n) is 4.26. The van der Waals surface area contributed by atoms with Gasteiger partial charge in [-0.2, -0.15) is 5.10 Å². The van der Waals surface area contributed by atoms with Crippen molar-refractivity contribution >= 4 is 11.8 Å². The van der Waals surface area contributed by atoms with Gasteiger partial charge in [-0.15, -0.1) is 0 Å². The first kappa shape index (κ1) is 20.6. The van der Waals surface area contributed by atoms with E-state index in [2.05, 4.69) is 16.0 Å². The molecule has 0 atom stereocenters. The summed E-state index contributed by atoms with van der Waals surface area (Å²) >= 11 is 0. The van der Waals surface area contributed by atoms with Crippen LogP contribution in [-0.4, -0.2) is 35.8 Å². The van der Waals surface area contributed by atoms with E-state index < -0.39 is 17.2 Å². The van der Waals surface area contributed by atoms with E-state index in [4.69, 9.17) is 9.47 Å². The Bertz CT molecular complexity index is 1140. The van der Waals surface area contributed by atoms with Gasteiger partial charge < -0.3 is 9.47 Å². The normalized spacial score (nSPS) is 10.2. The van der Waals surface area contributed by atoms with Crippen LogP contribution in [0.3, 0.4) is 0 Å². The number of para-hydroxylation sites is 1. The van der Waals surface area contributed by atoms with E-state index in [0.29, 0.717) is 22.9 Å². The van der Waals surface area contributed by atoms with Gasteiger partial charge >= 0.3 is 0 Å². The fraction of sp³-hybridized carbons (Fsp3) is 0.143. The predicted molar refractivity (Wildman–Crippen MR) is 109 cm³/mol. The maximum Gasteiger partial charge on any atom is 0.294 e. The molecular weight excluding hydrogens is 388 g/mol. The van der Waals surface area contributed by atoms with E-state index >= 15 is 0 Å². The van der Waals surface area contributed by atoms with Gasteiger partial charge in [-0.25, -0.2) is 4.68 Å². The van der Waals surface area contributed by atoms with Crippen LogP contribution in [0.15, 0.2) is 59.4 Å². The largest absolute Gasteiger partial charge is 0.493 e. The van der Waals surface area contributed by atoms with Gasteiger partial charge in [0, 0.05) is 17.3 Å². The van der Waals surface area contributed by atoms with E-state index in [-0.39, 0.29) is 11.3 Å². The van der Waals surface area contributed by atoms with Crippen LogP contribution in [0.25, 0.3) is 5.69 Å². The molecule has 2 aromatic carbocycles. The highest BCUT2D eigenvalue weighted by molar-refractivity contribution is 5.98. The molecule has 0 spiro atoms. The van der Waals surface area contributed by atoms with Gasteiger partial charge in [0.1, 0.15) is 0 Å². The van der Waals surface area contributed by atoms with Crippen molar-refractivity contribution in [2.75, 3.05) is 14.2 Å². The number of aryl methyl sites for hydroxylation is 1. The Balaban J connectivity index is 1.78. The summed E-state index contributed by atoms with van der Waals surface area (Å²) in [7, 11) is 2.93. The smallest absolute Gasteiger partial charge is 0.294 e. The van der Waals surface area contributed by atoms with Crippen LogP contribution in [-0.2, 0) is 0 Å². The van der Waals surface area contributed by atoms with Crippen LogP contribution in [0.1, 0.15) is 26.5 Å². The fourth-order valence-corrected chi connectivity index (χ4v) is 2.76. The zero-order valence-corrected chi connectivity index (χ0v) is 16.6. The van der Waals surface area contributed by atoms with Crippen molar-refractivity contribution in [3.8, 4) is 17.2 Å². The number of carbonyl (C=O) groups excluding carboxylic acids is 2. The molecule has 3 rings (SSSR count). The van der Waals surface area contributed by atoms with Crippen molar-refractivity contribution < 1.29 is 19.1 Å². The zero-order chi connectivity index (χ0) is 21.7. The van der Waals surface area contributed by atoms with Crippen LogP contribution in [0.4, 0.5) is 0 Å². The van der Waals surface area contributed by atoms with E-state index in [1.54, 1.807) is 25.1 Å². The van der Waals surface area contributed by atoms with Gasteiger partial charge in [-0.05, 0) is 37.3 Å². The van der Waals surface area contributed by atoms with Crippen molar-refractivity contribution in [2.24, 2.45) is 0 Å². The first-order valence-electron chi connectivity index (χ1n) is 8.93. The number of hydrazine groups is 1. The number of hydrogen-bond acceptors (Lipinski definition) is 6. The molecule has 2 N–H and O–H groups in total. The zero-order valence-electron chi connectivity index (χ0n) is 16.6. The van der Waals surface area contributed by atoms with Crippen molar-refractivity contribution in [1.29, 1.82) is 0 Å². The van der Waals surface area contributed by atoms with E-state index in [1.807, 2.05) is 18.2 Å². The third kappa shape index (κ3) is 4.30. The number of benzene rings is 2. The number of nitrogens with one attached hydrogen (secondary N) is 2. The van der Waals surface area contributed by atoms with Crippen molar-refractivity contribution in [2.45, 2.75) is 6.92 Å². The first-order chi connectivity index (χ1) is 14.4. The lowest BCUT2D eigenvalue weighted by atomic mass is 10.2. The number of ether oxygens (including phenoxy) is 2. The average molecular weight is 408 g/mol. The van der Waals surface area contributed by atoms with Crippen LogP contribution >= 0.6 is 0 Å². The van der Waals surface area contributed by atoms with E-state index in [0.717, 1.165) is 0 Å². The molecule has 2 amide bonds. The Morgan fingerprint density at radius 2 is 1.57 bits per heavy atom. The Kier molecular flexibility index (Phi) is 6.11. The molecule has 0 radical (unpaired) electrons. The molecular formula is C21H20N4O5. The Morgan fingerprint density at radius 1 is 0.900 bits per heavy atom. The van der Waals surface area contributed by atoms with E-state index in [9.17, 15) is 14.4 Å². The molecule has 0 saturated heterocycles. The summed E-state index contributed by atoms with van der Waals surface area (Å²) in [6.07, 6.45) is 0. The molecule has 9 nitrogen and oxygen atoms in total. The third-order valence-corrected chi connectivity index (χ3v) is 4.26. The highest BCUT2D eigenvalue weighted by Crippen LogP contribution is 2.27. The summed E-state index contributed by atoms with van der Waals surface area (Å²) < 4.78 is 11.8. The molecule has 0 bridgehead atoms. The second kappa shape index (κ2) is 8.91. The summed E-state index contributed by atoms with van der Waals surface area (Å²) in [6.45, 7) is 1.71. The van der Waals surface area contributed by atoms with Crippen molar-refractivity contribution in [3.05, 3.63) is 81.8 Å². The molecule has 0 saturated carbocycles. The Morgan fingerprint density at radius 3 is 2.23 bits per heavy atom. The summed E-state index contributed by atoms with van der Waals surface area (Å²) in [5.41, 5.74) is 5.06. The van der Waals surface area contributed by atoms with E-state index in [1.165, 1.54) is 37.1 Å². The molecule has 1 aromatic heterocycles. The molecule has 0 aliphatic heterocycles. The number of carbonyl (C=O) groups is 2. The first-order valence-corrected chi connectivity index (χ1v) is 8.93. The molecule has 9 heteroatoms. The monoisotopic (exact) mass is 408 g/mol. The lowest BCUT2D eigenvalue weighted by molar-refractivity contribution is 0.0842. The highest BCUT2D eigenvalue weighted by Gasteiger charge is 2.17. The van der Waals surface area contributed by atoms with Crippen molar-refractivity contribution in [3.63, 3.8) is 0 Å². The Labute approximate surface area is 172 Å². The van der Waals surface area contributed by atoms with Crippen LogP contribution in [0.2, 0.25) is 0 Å². The highest BCUT2D eigenvalue weighted by atomic mass is 16.5. The minimum absolute atomic E-state index is 0.228. The quantitative estimate of drug-likeness (QED) is 0.621. The van der Waals surface area contributed by atoms with Crippen LogP contribution in [0, 0.1) is 6.92 Å². The van der Waals surface area contributed by atoms with Gasteiger partial charge in [-0.1, -0.05) is 18.2 Å². The van der Waals surface area contributed by atoms with Gasteiger partial charge in [0.15, 0.2) is 17.2 Å². The number of amides is 2. The fourth-order valence-electron chi connectivity index (χ4n) is 2.76. The van der Waals surface area contributed by atoms with Crippen LogP contribution in [0.5, 0.6) is 11.5 Å². The summed E-state index contributed by atoms with van der Waals surface area (Å²) in [5.74, 6) is -0.607. The summed E-state index contributed by atoms with van der Waals surface area (Å²) in [5, 5.41) is 4.15. The standard InChI is InChI=1S/C21H20N4O5/c1-13-11-16(26)19(24-25(13)15-7-5-4-6-8-15)21(28)23-22-20(27)14-9-10-17(29-2)18(12-14)30-3/h4-12H,1-3H3,(H,22,27)(H,23,28). The van der Waals surface area contributed by atoms with Crippen LogP contribution < -0.4 is 25.8 Å². The lowest BCUT2D eigenvalue weighted by Crippen LogP contribution is -2.44. The number of aromatic nitrogens is 2. The molecule has 0 aliphatic carbocycles. The van der Waals surface area contributed by atoms with Gasteiger partial charge in [-0.3, -0.25) is 25.2 Å². The molecule has 0 fully saturated rings. The Hall–Kier alpha value is -4.14. The maximum absolute atomic E-state index is 12.5. The molecule has 154 valence electrons. The van der Waals surface area contributed by atoms with Crippen molar-refractivity contribution in [1.82, 2.24) is 20.6 Å². The minimum Gasteiger partial charge on any atom is -0.493 e. The molecule has 1 heterocycles. The topological polar surface area (TPSA) is 112 Å².